The Morgan fingerprint density at radius 1 is 1.30 bits per heavy atom. The normalized spacial score (nSPS) is 13.8. The molecule has 0 aromatic heterocycles. The van der Waals surface area contributed by atoms with Gasteiger partial charge in [-0.2, -0.15) is 0 Å². The molecule has 0 fully saturated rings. The van der Waals surface area contributed by atoms with Gasteiger partial charge in [0, 0.05) is 0 Å². The highest BCUT2D eigenvalue weighted by molar-refractivity contribution is 5.68. The largest absolute Gasteiger partial charge is 0.497 e. The standard InChI is InChI=1S/C21H31NO5/c1-6-8-18(22-20(24)27-21(2,3)4)19(23)9-7-14-26-15-16-10-12-17(25-5)13-11-16/h6-7,9-13,18-19,23H,1,8,14-15H2,2-5H3,(H,22,24)/b9-7+/t18-,19+/m1/s1. The van der Waals surface area contributed by atoms with Gasteiger partial charge in [0.25, 0.3) is 0 Å². The van der Waals surface area contributed by atoms with Crippen LogP contribution in [0.1, 0.15) is 32.8 Å². The molecular formula is C21H31NO5. The first-order chi connectivity index (χ1) is 12.7. The smallest absolute Gasteiger partial charge is 0.407 e. The van der Waals surface area contributed by atoms with Crippen LogP contribution in [-0.4, -0.2) is 42.7 Å². The zero-order chi connectivity index (χ0) is 20.3. The summed E-state index contributed by atoms with van der Waals surface area (Å²) in [6, 6.07) is 7.10. The molecule has 150 valence electrons. The molecule has 0 saturated carbocycles. The van der Waals surface area contributed by atoms with E-state index in [-0.39, 0.29) is 0 Å². The van der Waals surface area contributed by atoms with E-state index in [2.05, 4.69) is 11.9 Å². The number of amides is 1. The Morgan fingerprint density at radius 3 is 2.52 bits per heavy atom. The monoisotopic (exact) mass is 377 g/mol. The SMILES string of the molecule is C=CC[C@@H](NC(=O)OC(C)(C)C)[C@@H](O)/C=C/COCc1ccc(OC)cc1. The molecule has 1 aromatic carbocycles. The van der Waals surface area contributed by atoms with Crippen molar-refractivity contribution in [2.24, 2.45) is 0 Å². The van der Waals surface area contributed by atoms with Crippen LogP contribution in [-0.2, 0) is 16.1 Å². The molecule has 0 aliphatic heterocycles. The molecule has 0 aliphatic rings. The van der Waals surface area contributed by atoms with Crippen LogP contribution >= 0.6 is 0 Å². The van der Waals surface area contributed by atoms with Crippen molar-refractivity contribution in [3.63, 3.8) is 0 Å². The van der Waals surface area contributed by atoms with E-state index in [1.807, 2.05) is 24.3 Å². The number of nitrogens with one attached hydrogen (secondary N) is 1. The van der Waals surface area contributed by atoms with Crippen molar-refractivity contribution >= 4 is 6.09 Å². The molecule has 0 bridgehead atoms. The van der Waals surface area contributed by atoms with Gasteiger partial charge in [-0.05, 0) is 44.9 Å². The molecule has 1 aromatic rings. The Morgan fingerprint density at radius 2 is 1.96 bits per heavy atom. The highest BCUT2D eigenvalue weighted by atomic mass is 16.6. The fourth-order valence-corrected chi connectivity index (χ4v) is 2.22. The quantitative estimate of drug-likeness (QED) is 0.481. The Balaban J connectivity index is 2.43. The van der Waals surface area contributed by atoms with Gasteiger partial charge in [-0.1, -0.05) is 30.4 Å². The number of aliphatic hydroxyl groups is 1. The highest BCUT2D eigenvalue weighted by Gasteiger charge is 2.22. The Labute approximate surface area is 161 Å². The van der Waals surface area contributed by atoms with Crippen LogP contribution in [0.3, 0.4) is 0 Å². The van der Waals surface area contributed by atoms with Gasteiger partial charge in [-0.3, -0.25) is 0 Å². The summed E-state index contributed by atoms with van der Waals surface area (Å²) in [6.07, 6.45) is 3.93. The van der Waals surface area contributed by atoms with Gasteiger partial charge in [0.15, 0.2) is 0 Å². The van der Waals surface area contributed by atoms with Gasteiger partial charge in [-0.15, -0.1) is 6.58 Å². The van der Waals surface area contributed by atoms with Crippen molar-refractivity contribution in [2.45, 2.75) is 51.5 Å². The zero-order valence-corrected chi connectivity index (χ0v) is 16.6. The van der Waals surface area contributed by atoms with Crippen molar-refractivity contribution in [3.8, 4) is 5.75 Å². The summed E-state index contributed by atoms with van der Waals surface area (Å²) < 4.78 is 15.9. The van der Waals surface area contributed by atoms with E-state index in [9.17, 15) is 9.90 Å². The van der Waals surface area contributed by atoms with E-state index >= 15 is 0 Å². The molecule has 0 unspecified atom stereocenters. The highest BCUT2D eigenvalue weighted by Crippen LogP contribution is 2.12. The third-order valence-corrected chi connectivity index (χ3v) is 3.51. The number of benzene rings is 1. The fraction of sp³-hybridized carbons (Fsp3) is 0.476. The maximum atomic E-state index is 11.9. The predicted octanol–water partition coefficient (Wildman–Crippen LogP) is 3.60. The second-order valence-corrected chi connectivity index (χ2v) is 7.06. The summed E-state index contributed by atoms with van der Waals surface area (Å²) in [5.41, 5.74) is 0.430. The molecule has 6 nitrogen and oxygen atoms in total. The summed E-state index contributed by atoms with van der Waals surface area (Å²) in [7, 11) is 1.62. The predicted molar refractivity (Wildman–Crippen MR) is 106 cm³/mol. The summed E-state index contributed by atoms with van der Waals surface area (Å²) in [6.45, 7) is 9.81. The van der Waals surface area contributed by atoms with Crippen molar-refractivity contribution < 1.29 is 24.1 Å². The molecule has 1 rings (SSSR count). The molecule has 6 heteroatoms. The zero-order valence-electron chi connectivity index (χ0n) is 16.6. The van der Waals surface area contributed by atoms with Gasteiger partial charge >= 0.3 is 6.09 Å². The fourth-order valence-electron chi connectivity index (χ4n) is 2.22. The van der Waals surface area contributed by atoms with E-state index in [0.717, 1.165) is 11.3 Å². The Kier molecular flexibility index (Phi) is 9.61. The van der Waals surface area contributed by atoms with E-state index in [1.165, 1.54) is 0 Å². The molecule has 0 radical (unpaired) electrons. The lowest BCUT2D eigenvalue weighted by Gasteiger charge is -2.24. The third kappa shape index (κ3) is 9.82. The van der Waals surface area contributed by atoms with Gasteiger partial charge < -0.3 is 24.6 Å². The average Bonchev–Trinajstić information content (AvgIpc) is 2.60. The lowest BCUT2D eigenvalue weighted by molar-refractivity contribution is 0.0456. The summed E-state index contributed by atoms with van der Waals surface area (Å²) in [4.78, 5) is 11.9. The van der Waals surface area contributed by atoms with Crippen LogP contribution < -0.4 is 10.1 Å². The number of carbonyl (C=O) groups excluding carboxylic acids is 1. The molecule has 27 heavy (non-hydrogen) atoms. The van der Waals surface area contributed by atoms with Crippen molar-refractivity contribution in [2.75, 3.05) is 13.7 Å². The summed E-state index contributed by atoms with van der Waals surface area (Å²) >= 11 is 0. The van der Waals surface area contributed by atoms with Crippen LogP contribution in [0.4, 0.5) is 4.79 Å². The number of methoxy groups -OCH3 is 1. The van der Waals surface area contributed by atoms with Crippen LogP contribution in [0, 0.1) is 0 Å². The Bertz CT molecular complexity index is 604. The number of hydrogen-bond acceptors (Lipinski definition) is 5. The molecule has 2 N–H and O–H groups in total. The maximum absolute atomic E-state index is 11.9. The summed E-state index contributed by atoms with van der Waals surface area (Å²) in [5.74, 6) is 0.799. The number of hydrogen-bond donors (Lipinski definition) is 2. The van der Waals surface area contributed by atoms with Gasteiger partial charge in [-0.25, -0.2) is 4.79 Å². The third-order valence-electron chi connectivity index (χ3n) is 3.51. The van der Waals surface area contributed by atoms with E-state index in [1.54, 1.807) is 46.1 Å². The van der Waals surface area contributed by atoms with E-state index in [0.29, 0.717) is 19.6 Å². The molecule has 0 spiro atoms. The topological polar surface area (TPSA) is 77.0 Å². The summed E-state index contributed by atoms with van der Waals surface area (Å²) in [5, 5.41) is 13.0. The Hall–Kier alpha value is -2.31. The van der Waals surface area contributed by atoms with Crippen molar-refractivity contribution in [1.29, 1.82) is 0 Å². The molecule has 0 aliphatic carbocycles. The minimum atomic E-state index is -0.875. The molecule has 0 saturated heterocycles. The number of carbonyl (C=O) groups is 1. The maximum Gasteiger partial charge on any atom is 0.407 e. The second-order valence-electron chi connectivity index (χ2n) is 7.06. The minimum Gasteiger partial charge on any atom is -0.497 e. The van der Waals surface area contributed by atoms with Crippen LogP contribution in [0.15, 0.2) is 49.1 Å². The number of ether oxygens (including phenoxy) is 3. The first kappa shape index (κ1) is 22.7. The van der Waals surface area contributed by atoms with Gasteiger partial charge in [0.05, 0.1) is 32.5 Å². The first-order valence-corrected chi connectivity index (χ1v) is 8.91. The van der Waals surface area contributed by atoms with Crippen molar-refractivity contribution in [3.05, 3.63) is 54.6 Å². The van der Waals surface area contributed by atoms with E-state index < -0.39 is 23.8 Å². The van der Waals surface area contributed by atoms with Crippen LogP contribution in [0.5, 0.6) is 5.75 Å². The number of alkyl carbamates (subject to hydrolysis) is 1. The van der Waals surface area contributed by atoms with Crippen molar-refractivity contribution in [1.82, 2.24) is 5.32 Å². The minimum absolute atomic E-state index is 0.344. The second kappa shape index (κ2) is 11.4. The number of aliphatic hydroxyl groups excluding tert-OH is 1. The number of rotatable bonds is 10. The molecule has 0 heterocycles. The molecular weight excluding hydrogens is 346 g/mol. The van der Waals surface area contributed by atoms with Gasteiger partial charge in [0.1, 0.15) is 11.4 Å². The van der Waals surface area contributed by atoms with Gasteiger partial charge in [0.2, 0.25) is 0 Å². The molecule has 2 atom stereocenters. The lowest BCUT2D eigenvalue weighted by Crippen LogP contribution is -2.44. The van der Waals surface area contributed by atoms with Crippen LogP contribution in [0.2, 0.25) is 0 Å². The molecule has 1 amide bonds. The van der Waals surface area contributed by atoms with Crippen LogP contribution in [0.25, 0.3) is 0 Å². The average molecular weight is 377 g/mol. The van der Waals surface area contributed by atoms with E-state index in [4.69, 9.17) is 14.2 Å². The lowest BCUT2D eigenvalue weighted by atomic mass is 10.1. The first-order valence-electron chi connectivity index (χ1n) is 8.91.